The summed E-state index contributed by atoms with van der Waals surface area (Å²) in [7, 11) is 0. The maximum Gasteiger partial charge on any atom is 0.288 e. The molecule has 5 heteroatoms. The summed E-state index contributed by atoms with van der Waals surface area (Å²) in [5.74, 6) is 0. The third-order valence-corrected chi connectivity index (χ3v) is 1.34. The molecule has 0 bridgehead atoms. The molecule has 0 aliphatic heterocycles. The number of hydrogen-bond acceptors (Lipinski definition) is 4. The van der Waals surface area contributed by atoms with Gasteiger partial charge in [-0.1, -0.05) is 0 Å². The molecule has 2 aromatic heterocycles. The molecule has 0 N–H and O–H groups in total. The summed E-state index contributed by atoms with van der Waals surface area (Å²) in [6.07, 6.45) is 4.23. The normalized spacial score (nSPS) is 10.2. The molecule has 0 amide bonds. The highest BCUT2D eigenvalue weighted by Gasteiger charge is 2.02. The fourth-order valence-corrected chi connectivity index (χ4v) is 0.832. The van der Waals surface area contributed by atoms with Crippen LogP contribution in [-0.4, -0.2) is 15.1 Å². The van der Waals surface area contributed by atoms with E-state index in [1.54, 1.807) is 12.3 Å². The minimum atomic E-state index is 0.384. The van der Waals surface area contributed by atoms with E-state index in [0.29, 0.717) is 15.9 Å². The minimum absolute atomic E-state index is 0.384. The van der Waals surface area contributed by atoms with E-state index in [4.69, 9.17) is 0 Å². The molecule has 0 aromatic carbocycles. The zero-order valence-corrected chi connectivity index (χ0v) is 5.51. The van der Waals surface area contributed by atoms with E-state index >= 15 is 0 Å². The van der Waals surface area contributed by atoms with Crippen molar-refractivity contribution in [2.45, 2.75) is 0 Å². The van der Waals surface area contributed by atoms with E-state index in [0.717, 1.165) is 0 Å². The summed E-state index contributed by atoms with van der Waals surface area (Å²) >= 11 is 0. The van der Waals surface area contributed by atoms with Crippen molar-refractivity contribution in [3.63, 3.8) is 0 Å². The maximum atomic E-state index is 10.9. The average molecular weight is 148 g/mol. The fourth-order valence-electron chi connectivity index (χ4n) is 0.832. The molecule has 0 aliphatic carbocycles. The Kier molecular flexibility index (Phi) is 1.15. The van der Waals surface area contributed by atoms with Crippen molar-refractivity contribution in [2.75, 3.05) is 0 Å². The van der Waals surface area contributed by atoms with Crippen LogP contribution in [0.3, 0.4) is 0 Å². The second-order valence-corrected chi connectivity index (χ2v) is 2.00. The zero-order chi connectivity index (χ0) is 7.68. The molecule has 2 heterocycles. The van der Waals surface area contributed by atoms with Crippen LogP contribution < -0.4 is 4.85 Å². The number of aromatic nitrogens is 4. The van der Waals surface area contributed by atoms with Crippen LogP contribution in [0.15, 0.2) is 24.8 Å². The molecule has 2 aromatic rings. The highest BCUT2D eigenvalue weighted by molar-refractivity contribution is 5.68. The summed E-state index contributed by atoms with van der Waals surface area (Å²) < 4.78 is 0. The first-order valence-electron chi connectivity index (χ1n) is 3.02. The Labute approximate surface area is 61.9 Å². The van der Waals surface area contributed by atoms with Crippen LogP contribution in [0.5, 0.6) is 0 Å². The topological polar surface area (TPSA) is 65.6 Å². The first kappa shape index (κ1) is 5.96. The molecule has 0 saturated carbocycles. The Morgan fingerprint density at radius 2 is 2.36 bits per heavy atom. The van der Waals surface area contributed by atoms with Gasteiger partial charge in [0.15, 0.2) is 6.33 Å². The van der Waals surface area contributed by atoms with Crippen molar-refractivity contribution in [1.82, 2.24) is 15.1 Å². The highest BCUT2D eigenvalue weighted by atomic mass is 16.5. The lowest BCUT2D eigenvalue weighted by atomic mass is 10.4. The number of pyridine rings is 1. The maximum absolute atomic E-state index is 10.9. The summed E-state index contributed by atoms with van der Waals surface area (Å²) in [5.41, 5.74) is 0.986. The number of fused-ring (bicyclic) bond motifs is 1. The summed E-state index contributed by atoms with van der Waals surface area (Å²) in [4.78, 5) is 8.14. The van der Waals surface area contributed by atoms with Gasteiger partial charge in [0, 0.05) is 11.3 Å². The predicted molar refractivity (Wildman–Crippen MR) is 36.3 cm³/mol. The number of hydrogen-bond donors (Lipinski definition) is 0. The van der Waals surface area contributed by atoms with Crippen LogP contribution in [-0.2, 0) is 0 Å². The first-order valence-corrected chi connectivity index (χ1v) is 3.02. The Balaban J connectivity index is 2.91. The third kappa shape index (κ3) is 0.861. The smallest absolute Gasteiger partial charge is 0.288 e. The molecule has 0 fully saturated rings. The molecule has 11 heavy (non-hydrogen) atoms. The molecular formula is C6H4N4O. The van der Waals surface area contributed by atoms with Crippen LogP contribution >= 0.6 is 0 Å². The lowest BCUT2D eigenvalue weighted by molar-refractivity contribution is -0.643. The van der Waals surface area contributed by atoms with Crippen LogP contribution in [0, 0.1) is 5.21 Å². The second kappa shape index (κ2) is 2.12. The van der Waals surface area contributed by atoms with Crippen LogP contribution in [0.4, 0.5) is 0 Å². The van der Waals surface area contributed by atoms with Crippen molar-refractivity contribution < 1.29 is 4.85 Å². The number of nitrogens with zero attached hydrogens (tertiary/aromatic N) is 4. The van der Waals surface area contributed by atoms with Gasteiger partial charge in [0.2, 0.25) is 0 Å². The standard InChI is InChI=1S/C6H4N4O/c11-10-6-3-7-2-1-5(6)8-4-9-10/h1-4H. The molecule has 2 rings (SSSR count). The molecule has 0 radical (unpaired) electrons. The van der Waals surface area contributed by atoms with Gasteiger partial charge < -0.3 is 5.21 Å². The van der Waals surface area contributed by atoms with Gasteiger partial charge >= 0.3 is 0 Å². The number of rotatable bonds is 0. The largest absolute Gasteiger partial charge is 0.594 e. The van der Waals surface area contributed by atoms with E-state index in [2.05, 4.69) is 15.1 Å². The average Bonchev–Trinajstić information content (AvgIpc) is 2.06. The van der Waals surface area contributed by atoms with Crippen molar-refractivity contribution in [3.8, 4) is 0 Å². The highest BCUT2D eigenvalue weighted by Crippen LogP contribution is 1.99. The van der Waals surface area contributed by atoms with E-state index in [1.807, 2.05) is 0 Å². The van der Waals surface area contributed by atoms with Crippen molar-refractivity contribution in [2.24, 2.45) is 0 Å². The first-order chi connectivity index (χ1) is 5.38. The molecule has 0 atom stereocenters. The molecule has 0 unspecified atom stereocenters. The molecular weight excluding hydrogens is 144 g/mol. The van der Waals surface area contributed by atoms with Crippen LogP contribution in [0.1, 0.15) is 0 Å². The van der Waals surface area contributed by atoms with Crippen molar-refractivity contribution >= 4 is 11.0 Å². The van der Waals surface area contributed by atoms with Gasteiger partial charge in [-0.3, -0.25) is 4.98 Å². The van der Waals surface area contributed by atoms with Gasteiger partial charge in [-0.05, 0) is 10.9 Å². The lowest BCUT2D eigenvalue weighted by Gasteiger charge is -1.94. The van der Waals surface area contributed by atoms with Gasteiger partial charge in [-0.2, -0.15) is 0 Å². The minimum Gasteiger partial charge on any atom is -0.594 e. The molecule has 0 spiro atoms. The Morgan fingerprint density at radius 3 is 3.18 bits per heavy atom. The second-order valence-electron chi connectivity index (χ2n) is 2.00. The van der Waals surface area contributed by atoms with Crippen LogP contribution in [0.2, 0.25) is 0 Å². The zero-order valence-electron chi connectivity index (χ0n) is 5.51. The van der Waals surface area contributed by atoms with E-state index in [-0.39, 0.29) is 0 Å². The van der Waals surface area contributed by atoms with Crippen molar-refractivity contribution in [1.29, 1.82) is 0 Å². The molecule has 5 nitrogen and oxygen atoms in total. The molecule has 0 aliphatic rings. The monoisotopic (exact) mass is 148 g/mol. The van der Waals surface area contributed by atoms with Gasteiger partial charge in [-0.25, -0.2) is 4.98 Å². The van der Waals surface area contributed by atoms with Gasteiger partial charge in [0.05, 0.1) is 0 Å². The summed E-state index contributed by atoms with van der Waals surface area (Å²) in [6.45, 7) is 0. The van der Waals surface area contributed by atoms with E-state index < -0.39 is 0 Å². The third-order valence-electron chi connectivity index (χ3n) is 1.34. The van der Waals surface area contributed by atoms with E-state index in [1.165, 1.54) is 12.5 Å². The Morgan fingerprint density at radius 1 is 1.45 bits per heavy atom. The quantitative estimate of drug-likeness (QED) is 0.378. The molecule has 0 saturated heterocycles. The van der Waals surface area contributed by atoms with Gasteiger partial charge in [-0.15, -0.1) is 0 Å². The fraction of sp³-hybridized carbons (Fsp3) is 0. The van der Waals surface area contributed by atoms with Gasteiger partial charge in [0.25, 0.3) is 5.52 Å². The van der Waals surface area contributed by atoms with Gasteiger partial charge in [0.1, 0.15) is 11.7 Å². The summed E-state index contributed by atoms with van der Waals surface area (Å²) in [5, 5.41) is 14.3. The predicted octanol–water partition coefficient (Wildman–Crippen LogP) is -0.342. The van der Waals surface area contributed by atoms with Crippen LogP contribution in [0.25, 0.3) is 11.0 Å². The SMILES string of the molecule is [O-][n+]1ncnc2ccncc21. The van der Waals surface area contributed by atoms with E-state index in [9.17, 15) is 5.21 Å². The molecule has 54 valence electrons. The Hall–Kier alpha value is -1.78. The lowest BCUT2D eigenvalue weighted by Crippen LogP contribution is -2.31. The Bertz CT molecular complexity index is 384. The summed E-state index contributed by atoms with van der Waals surface area (Å²) in [6, 6.07) is 1.66. The van der Waals surface area contributed by atoms with Crippen molar-refractivity contribution in [3.05, 3.63) is 30.0 Å².